The molecule has 126 valence electrons. The van der Waals surface area contributed by atoms with Crippen LogP contribution in [-0.2, 0) is 4.79 Å². The quantitative estimate of drug-likeness (QED) is 0.866. The first kappa shape index (κ1) is 16.3. The van der Waals surface area contributed by atoms with Crippen molar-refractivity contribution in [3.05, 3.63) is 48.7 Å². The number of para-hydroxylation sites is 1. The molecule has 0 atom stereocenters. The van der Waals surface area contributed by atoms with E-state index < -0.39 is 0 Å². The Kier molecular flexibility index (Phi) is 4.99. The molecule has 5 nitrogen and oxygen atoms in total. The molecule has 24 heavy (non-hydrogen) atoms. The van der Waals surface area contributed by atoms with Crippen LogP contribution in [-0.4, -0.2) is 42.0 Å². The highest BCUT2D eigenvalue weighted by Crippen LogP contribution is 2.30. The number of ether oxygens (including phenoxy) is 1. The largest absolute Gasteiger partial charge is 0.453 e. The second kappa shape index (κ2) is 7.34. The number of rotatable bonds is 4. The maximum absolute atomic E-state index is 12.1. The van der Waals surface area contributed by atoms with Crippen molar-refractivity contribution < 1.29 is 9.53 Å². The summed E-state index contributed by atoms with van der Waals surface area (Å²) in [5.74, 6) is 2.63. The van der Waals surface area contributed by atoms with Crippen molar-refractivity contribution in [2.24, 2.45) is 5.92 Å². The number of carbonyl (C=O) groups excluding carboxylic acids is 1. The minimum absolute atomic E-state index is 0.0448. The van der Waals surface area contributed by atoms with E-state index in [2.05, 4.69) is 9.88 Å². The minimum atomic E-state index is 0.0448. The molecule has 2 aromatic rings. The zero-order chi connectivity index (χ0) is 16.9. The zero-order valence-electron chi connectivity index (χ0n) is 14.2. The normalized spacial score (nSPS) is 14.8. The molecule has 0 spiro atoms. The highest BCUT2D eigenvalue weighted by atomic mass is 16.5. The SMILES string of the molecule is CC(C)C(=O)N1CCN(c2ncccc2Oc2ccccc2)CC1. The average molecular weight is 325 g/mol. The van der Waals surface area contributed by atoms with Gasteiger partial charge in [-0.25, -0.2) is 4.98 Å². The summed E-state index contributed by atoms with van der Waals surface area (Å²) < 4.78 is 5.99. The summed E-state index contributed by atoms with van der Waals surface area (Å²) in [4.78, 5) is 20.7. The lowest BCUT2D eigenvalue weighted by Crippen LogP contribution is -2.50. The Hall–Kier alpha value is -2.56. The van der Waals surface area contributed by atoms with Crippen molar-refractivity contribution in [3.8, 4) is 11.5 Å². The second-order valence-corrected chi connectivity index (χ2v) is 6.21. The summed E-state index contributed by atoms with van der Waals surface area (Å²) >= 11 is 0. The predicted octanol–water partition coefficient (Wildman–Crippen LogP) is 3.18. The van der Waals surface area contributed by atoms with Crippen molar-refractivity contribution in [2.75, 3.05) is 31.1 Å². The van der Waals surface area contributed by atoms with Crippen molar-refractivity contribution in [2.45, 2.75) is 13.8 Å². The summed E-state index contributed by atoms with van der Waals surface area (Å²) in [5.41, 5.74) is 0. The number of carbonyl (C=O) groups is 1. The Morgan fingerprint density at radius 1 is 1.04 bits per heavy atom. The number of hydrogen-bond donors (Lipinski definition) is 0. The molecule has 1 saturated heterocycles. The summed E-state index contributed by atoms with van der Waals surface area (Å²) in [6, 6.07) is 13.5. The van der Waals surface area contributed by atoms with E-state index in [0.29, 0.717) is 0 Å². The van der Waals surface area contributed by atoms with Crippen LogP contribution in [0.25, 0.3) is 0 Å². The molecule has 0 bridgehead atoms. The van der Waals surface area contributed by atoms with Gasteiger partial charge >= 0.3 is 0 Å². The average Bonchev–Trinajstić information content (AvgIpc) is 2.62. The van der Waals surface area contributed by atoms with Crippen LogP contribution in [0, 0.1) is 5.92 Å². The van der Waals surface area contributed by atoms with Gasteiger partial charge in [0.05, 0.1) is 0 Å². The molecule has 1 aromatic carbocycles. The predicted molar refractivity (Wildman–Crippen MR) is 94.4 cm³/mol. The molecule has 1 fully saturated rings. The van der Waals surface area contributed by atoms with E-state index >= 15 is 0 Å². The molecular weight excluding hydrogens is 302 g/mol. The van der Waals surface area contributed by atoms with Crippen LogP contribution in [0.1, 0.15) is 13.8 Å². The number of hydrogen-bond acceptors (Lipinski definition) is 4. The summed E-state index contributed by atoms with van der Waals surface area (Å²) in [7, 11) is 0. The Morgan fingerprint density at radius 2 is 1.75 bits per heavy atom. The van der Waals surface area contributed by atoms with Crippen LogP contribution >= 0.6 is 0 Å². The van der Waals surface area contributed by atoms with E-state index in [0.717, 1.165) is 43.5 Å². The van der Waals surface area contributed by atoms with E-state index in [1.54, 1.807) is 6.20 Å². The lowest BCUT2D eigenvalue weighted by atomic mass is 10.1. The van der Waals surface area contributed by atoms with E-state index in [1.165, 1.54) is 0 Å². The third-order valence-corrected chi connectivity index (χ3v) is 4.11. The molecule has 0 N–H and O–H groups in total. The van der Waals surface area contributed by atoms with E-state index in [9.17, 15) is 4.79 Å². The maximum atomic E-state index is 12.1. The monoisotopic (exact) mass is 325 g/mol. The lowest BCUT2D eigenvalue weighted by molar-refractivity contribution is -0.134. The molecule has 0 saturated carbocycles. The van der Waals surface area contributed by atoms with Gasteiger partial charge in [0, 0.05) is 38.3 Å². The third-order valence-electron chi connectivity index (χ3n) is 4.11. The first-order chi connectivity index (χ1) is 11.6. The Bertz CT molecular complexity index is 680. The first-order valence-electron chi connectivity index (χ1n) is 8.37. The van der Waals surface area contributed by atoms with E-state index in [4.69, 9.17) is 4.74 Å². The molecule has 2 heterocycles. The smallest absolute Gasteiger partial charge is 0.225 e. The number of piperazine rings is 1. The molecule has 1 aromatic heterocycles. The van der Waals surface area contributed by atoms with Gasteiger partial charge in [-0.3, -0.25) is 4.79 Å². The van der Waals surface area contributed by atoms with Gasteiger partial charge in [-0.1, -0.05) is 32.0 Å². The number of pyridine rings is 1. The van der Waals surface area contributed by atoms with Gasteiger partial charge in [0.2, 0.25) is 5.91 Å². The van der Waals surface area contributed by atoms with E-state index in [1.807, 2.05) is 61.2 Å². The molecule has 1 aliphatic rings. The number of benzene rings is 1. The number of nitrogens with zero attached hydrogens (tertiary/aromatic N) is 3. The Morgan fingerprint density at radius 3 is 2.42 bits per heavy atom. The molecule has 1 amide bonds. The van der Waals surface area contributed by atoms with Crippen LogP contribution in [0.3, 0.4) is 0 Å². The highest BCUT2D eigenvalue weighted by Gasteiger charge is 2.25. The summed E-state index contributed by atoms with van der Waals surface area (Å²) in [6.07, 6.45) is 1.78. The lowest BCUT2D eigenvalue weighted by Gasteiger charge is -2.36. The van der Waals surface area contributed by atoms with Crippen LogP contribution in [0.4, 0.5) is 5.82 Å². The van der Waals surface area contributed by atoms with Crippen LogP contribution in [0.15, 0.2) is 48.7 Å². The van der Waals surface area contributed by atoms with Crippen LogP contribution in [0.5, 0.6) is 11.5 Å². The Balaban J connectivity index is 1.71. The zero-order valence-corrected chi connectivity index (χ0v) is 14.2. The highest BCUT2D eigenvalue weighted by molar-refractivity contribution is 5.78. The fourth-order valence-electron chi connectivity index (χ4n) is 2.82. The number of aromatic nitrogens is 1. The van der Waals surface area contributed by atoms with E-state index in [-0.39, 0.29) is 11.8 Å². The standard InChI is InChI=1S/C19H23N3O2/c1-15(2)19(23)22-13-11-21(12-14-22)18-17(9-6-10-20-18)24-16-7-4-3-5-8-16/h3-10,15H,11-14H2,1-2H3. The van der Waals surface area contributed by atoms with Gasteiger partial charge in [-0.2, -0.15) is 0 Å². The summed E-state index contributed by atoms with van der Waals surface area (Å²) in [5, 5.41) is 0. The third kappa shape index (κ3) is 3.67. The van der Waals surface area contributed by atoms with Crippen molar-refractivity contribution >= 4 is 11.7 Å². The molecule has 0 unspecified atom stereocenters. The van der Waals surface area contributed by atoms with Crippen LogP contribution in [0.2, 0.25) is 0 Å². The topological polar surface area (TPSA) is 45.7 Å². The Labute approximate surface area is 142 Å². The number of amides is 1. The fraction of sp³-hybridized carbons (Fsp3) is 0.368. The summed E-state index contributed by atoms with van der Waals surface area (Å²) in [6.45, 7) is 6.86. The van der Waals surface area contributed by atoms with Crippen molar-refractivity contribution in [1.29, 1.82) is 0 Å². The van der Waals surface area contributed by atoms with Crippen molar-refractivity contribution in [3.63, 3.8) is 0 Å². The van der Waals surface area contributed by atoms with Gasteiger partial charge in [0.15, 0.2) is 11.6 Å². The molecule has 5 heteroatoms. The van der Waals surface area contributed by atoms with Crippen LogP contribution < -0.4 is 9.64 Å². The molecular formula is C19H23N3O2. The molecule has 0 aliphatic carbocycles. The van der Waals surface area contributed by atoms with Gasteiger partial charge in [-0.05, 0) is 24.3 Å². The minimum Gasteiger partial charge on any atom is -0.453 e. The maximum Gasteiger partial charge on any atom is 0.225 e. The van der Waals surface area contributed by atoms with Gasteiger partial charge in [0.1, 0.15) is 5.75 Å². The number of anilines is 1. The second-order valence-electron chi connectivity index (χ2n) is 6.21. The molecule has 3 rings (SSSR count). The fourth-order valence-corrected chi connectivity index (χ4v) is 2.82. The van der Waals surface area contributed by atoms with Gasteiger partial charge in [0.25, 0.3) is 0 Å². The van der Waals surface area contributed by atoms with Gasteiger partial charge < -0.3 is 14.5 Å². The van der Waals surface area contributed by atoms with Gasteiger partial charge in [-0.15, -0.1) is 0 Å². The first-order valence-corrected chi connectivity index (χ1v) is 8.37. The molecule has 1 aliphatic heterocycles. The molecule has 0 radical (unpaired) electrons. The van der Waals surface area contributed by atoms with Crippen molar-refractivity contribution in [1.82, 2.24) is 9.88 Å².